The van der Waals surface area contributed by atoms with Crippen molar-refractivity contribution in [1.82, 2.24) is 10.6 Å². The van der Waals surface area contributed by atoms with Crippen molar-refractivity contribution >= 4 is 17.9 Å². The van der Waals surface area contributed by atoms with Crippen LogP contribution in [0.25, 0.3) is 0 Å². The molecule has 1 aromatic rings. The topological polar surface area (TPSA) is 111 Å². The predicted molar refractivity (Wildman–Crippen MR) is 80.8 cm³/mol. The van der Waals surface area contributed by atoms with Crippen molar-refractivity contribution in [2.24, 2.45) is 5.73 Å². The lowest BCUT2D eigenvalue weighted by atomic mass is 10.1. The van der Waals surface area contributed by atoms with Crippen LogP contribution < -0.4 is 16.4 Å². The average molecular weight is 307 g/mol. The molecule has 0 aliphatic carbocycles. The zero-order valence-electron chi connectivity index (χ0n) is 12.9. The molecule has 1 atom stereocenters. The van der Waals surface area contributed by atoms with Gasteiger partial charge in [-0.05, 0) is 20.8 Å². The normalized spacial score (nSPS) is 12.1. The van der Waals surface area contributed by atoms with E-state index in [-0.39, 0.29) is 6.54 Å². The second kappa shape index (κ2) is 7.44. The number of rotatable bonds is 5. The second-order valence-corrected chi connectivity index (χ2v) is 5.76. The summed E-state index contributed by atoms with van der Waals surface area (Å²) in [4.78, 5) is 34.8. The number of hydrogen-bond donors (Lipinski definition) is 3. The summed E-state index contributed by atoms with van der Waals surface area (Å²) in [5.41, 5.74) is 4.99. The third kappa shape index (κ3) is 6.25. The molecule has 0 fully saturated rings. The van der Waals surface area contributed by atoms with Gasteiger partial charge in [-0.3, -0.25) is 9.59 Å². The van der Waals surface area contributed by atoms with Crippen LogP contribution >= 0.6 is 0 Å². The van der Waals surface area contributed by atoms with Crippen LogP contribution in [0.1, 0.15) is 32.4 Å². The summed E-state index contributed by atoms with van der Waals surface area (Å²) < 4.78 is 5.19. The van der Waals surface area contributed by atoms with Crippen molar-refractivity contribution in [2.45, 2.75) is 32.4 Å². The Bertz CT molecular complexity index is 537. The van der Waals surface area contributed by atoms with Gasteiger partial charge >= 0.3 is 6.09 Å². The number of benzene rings is 1. The van der Waals surface area contributed by atoms with Gasteiger partial charge in [-0.15, -0.1) is 0 Å². The van der Waals surface area contributed by atoms with E-state index in [4.69, 9.17) is 10.5 Å². The lowest BCUT2D eigenvalue weighted by Gasteiger charge is -2.23. The van der Waals surface area contributed by atoms with E-state index in [9.17, 15) is 14.4 Å². The highest BCUT2D eigenvalue weighted by atomic mass is 16.6. The maximum Gasteiger partial charge on any atom is 0.408 e. The van der Waals surface area contributed by atoms with Crippen molar-refractivity contribution < 1.29 is 19.1 Å². The van der Waals surface area contributed by atoms with Gasteiger partial charge in [0, 0.05) is 11.1 Å². The van der Waals surface area contributed by atoms with E-state index in [1.807, 2.05) is 0 Å². The van der Waals surface area contributed by atoms with Gasteiger partial charge in [0.2, 0.25) is 12.0 Å². The van der Waals surface area contributed by atoms with Crippen LogP contribution in [-0.4, -0.2) is 30.0 Å². The van der Waals surface area contributed by atoms with Gasteiger partial charge in [-0.25, -0.2) is 4.79 Å². The summed E-state index contributed by atoms with van der Waals surface area (Å²) >= 11 is 0. The highest BCUT2D eigenvalue weighted by Gasteiger charge is 2.26. The van der Waals surface area contributed by atoms with Crippen LogP contribution in [0.5, 0.6) is 0 Å². The van der Waals surface area contributed by atoms with Crippen LogP contribution in [0.15, 0.2) is 30.3 Å². The first-order valence-corrected chi connectivity index (χ1v) is 6.79. The van der Waals surface area contributed by atoms with E-state index in [1.165, 1.54) is 0 Å². The summed E-state index contributed by atoms with van der Waals surface area (Å²) in [6.07, 6.45) is -1.89. The maximum atomic E-state index is 12.1. The largest absolute Gasteiger partial charge is 0.431 e. The number of ether oxygens (including phenoxy) is 1. The third-order valence-electron chi connectivity index (χ3n) is 2.48. The molecule has 0 saturated heterocycles. The Hall–Kier alpha value is -2.57. The van der Waals surface area contributed by atoms with E-state index in [1.54, 1.807) is 51.1 Å². The number of amides is 3. The fourth-order valence-corrected chi connectivity index (χ4v) is 1.61. The molecule has 0 saturated carbocycles. The van der Waals surface area contributed by atoms with Crippen LogP contribution in [0.4, 0.5) is 4.79 Å². The maximum absolute atomic E-state index is 12.1. The molecule has 0 aromatic heterocycles. The fraction of sp³-hybridized carbons (Fsp3) is 0.400. The van der Waals surface area contributed by atoms with E-state index in [0.717, 1.165) is 0 Å². The number of primary amides is 1. The number of nitrogens with one attached hydrogen (secondary N) is 2. The summed E-state index contributed by atoms with van der Waals surface area (Å²) in [5, 5.41) is 4.94. The van der Waals surface area contributed by atoms with Crippen LogP contribution in [0.2, 0.25) is 0 Å². The van der Waals surface area contributed by atoms with E-state index in [0.29, 0.717) is 5.56 Å². The Labute approximate surface area is 129 Å². The minimum Gasteiger partial charge on any atom is -0.431 e. The van der Waals surface area contributed by atoms with Gasteiger partial charge in [0.05, 0.1) is 6.54 Å². The first-order chi connectivity index (χ1) is 10.2. The molecule has 3 amide bonds. The van der Waals surface area contributed by atoms with E-state index in [2.05, 4.69) is 10.6 Å². The number of alkyl carbamates (subject to hydrolysis) is 1. The minimum absolute atomic E-state index is 0.327. The standard InChI is InChI=1S/C15H21N3O4/c1-15(2,3)18-14(21)22-12(10-7-5-4-6-8-10)13(20)17-9-11(16)19/h4-8,12H,9H2,1-3H3,(H2,16,19)(H,17,20)(H,18,21). The zero-order valence-corrected chi connectivity index (χ0v) is 12.9. The van der Waals surface area contributed by atoms with Gasteiger partial charge < -0.3 is 21.1 Å². The molecule has 1 aromatic carbocycles. The van der Waals surface area contributed by atoms with Crippen molar-refractivity contribution in [3.05, 3.63) is 35.9 Å². The molecule has 7 heteroatoms. The lowest BCUT2D eigenvalue weighted by Crippen LogP contribution is -2.44. The van der Waals surface area contributed by atoms with E-state index >= 15 is 0 Å². The molecule has 0 heterocycles. The number of carbonyl (C=O) groups excluding carboxylic acids is 3. The fourth-order valence-electron chi connectivity index (χ4n) is 1.61. The number of carbonyl (C=O) groups is 3. The summed E-state index contributed by atoms with van der Waals surface area (Å²) in [5.74, 6) is -1.30. The highest BCUT2D eigenvalue weighted by molar-refractivity contribution is 5.88. The zero-order chi connectivity index (χ0) is 16.8. The molecule has 22 heavy (non-hydrogen) atoms. The van der Waals surface area contributed by atoms with Crippen molar-refractivity contribution in [3.8, 4) is 0 Å². The summed E-state index contributed by atoms with van der Waals surface area (Å²) in [6, 6.07) is 8.51. The Morgan fingerprint density at radius 3 is 2.27 bits per heavy atom. The first-order valence-electron chi connectivity index (χ1n) is 6.79. The molecule has 0 radical (unpaired) electrons. The van der Waals surface area contributed by atoms with Gasteiger partial charge in [0.15, 0.2) is 0 Å². The molecule has 1 unspecified atom stereocenters. The molecule has 120 valence electrons. The van der Waals surface area contributed by atoms with Crippen LogP contribution in [0.3, 0.4) is 0 Å². The quantitative estimate of drug-likeness (QED) is 0.749. The van der Waals surface area contributed by atoms with Gasteiger partial charge in [0.25, 0.3) is 5.91 Å². The highest BCUT2D eigenvalue weighted by Crippen LogP contribution is 2.18. The summed E-state index contributed by atoms with van der Waals surface area (Å²) in [6.45, 7) is 5.04. The Balaban J connectivity index is 2.85. The monoisotopic (exact) mass is 307 g/mol. The SMILES string of the molecule is CC(C)(C)NC(=O)OC(C(=O)NCC(N)=O)c1ccccc1. The van der Waals surface area contributed by atoms with Crippen molar-refractivity contribution in [3.63, 3.8) is 0 Å². The van der Waals surface area contributed by atoms with Crippen molar-refractivity contribution in [2.75, 3.05) is 6.54 Å². The molecule has 7 nitrogen and oxygen atoms in total. The minimum atomic E-state index is -1.16. The molecule has 0 bridgehead atoms. The Morgan fingerprint density at radius 1 is 1.18 bits per heavy atom. The van der Waals surface area contributed by atoms with E-state index < -0.39 is 29.6 Å². The van der Waals surface area contributed by atoms with Crippen molar-refractivity contribution in [1.29, 1.82) is 0 Å². The lowest BCUT2D eigenvalue weighted by molar-refractivity contribution is -0.131. The van der Waals surface area contributed by atoms with Gasteiger partial charge in [-0.2, -0.15) is 0 Å². The average Bonchev–Trinajstić information content (AvgIpc) is 2.41. The number of hydrogen-bond acceptors (Lipinski definition) is 4. The van der Waals surface area contributed by atoms with Gasteiger partial charge in [-0.1, -0.05) is 30.3 Å². The predicted octanol–water partition coefficient (Wildman–Crippen LogP) is 0.854. The molecule has 0 spiro atoms. The smallest absolute Gasteiger partial charge is 0.408 e. The molecule has 4 N–H and O–H groups in total. The van der Waals surface area contributed by atoms with Gasteiger partial charge in [0.1, 0.15) is 0 Å². The van der Waals surface area contributed by atoms with Crippen LogP contribution in [-0.2, 0) is 14.3 Å². The second-order valence-electron chi connectivity index (χ2n) is 5.76. The molecule has 1 rings (SSSR count). The first kappa shape index (κ1) is 17.5. The molecule has 0 aliphatic heterocycles. The number of nitrogens with two attached hydrogens (primary N) is 1. The summed E-state index contributed by atoms with van der Waals surface area (Å²) in [7, 11) is 0. The Morgan fingerprint density at radius 2 is 1.77 bits per heavy atom. The molecule has 0 aliphatic rings. The molecular weight excluding hydrogens is 286 g/mol. The third-order valence-corrected chi connectivity index (χ3v) is 2.48. The Kier molecular flexibility index (Phi) is 5.91. The molecular formula is C15H21N3O4. The van der Waals surface area contributed by atoms with Crippen LogP contribution in [0, 0.1) is 0 Å².